The van der Waals surface area contributed by atoms with Crippen LogP contribution in [0.2, 0.25) is 0 Å². The number of carbonyl (C=O) groups excluding carboxylic acids is 2. The molecule has 1 N–H and O–H groups in total. The standard InChI is InChI=1S/C23H22N2O7S/c1-3-29-17-7-5-15(9-19(17)28-2)23-25-16(12-33-23)11-30-21(26)10-24-22(27)14-4-6-18-20(8-14)32-13-31-18/h4-9,12H,3,10-11,13H2,1-2H3,(H,24,27). The Hall–Kier alpha value is -3.79. The zero-order valence-corrected chi connectivity index (χ0v) is 18.9. The summed E-state index contributed by atoms with van der Waals surface area (Å²) in [5.74, 6) is 1.38. The smallest absolute Gasteiger partial charge is 0.325 e. The molecule has 0 fully saturated rings. The number of methoxy groups -OCH3 is 1. The fourth-order valence-electron chi connectivity index (χ4n) is 3.08. The Morgan fingerprint density at radius 1 is 1.12 bits per heavy atom. The molecule has 0 aliphatic carbocycles. The molecule has 1 aliphatic heterocycles. The van der Waals surface area contributed by atoms with E-state index in [1.54, 1.807) is 25.3 Å². The van der Waals surface area contributed by atoms with Gasteiger partial charge in [-0.05, 0) is 43.3 Å². The lowest BCUT2D eigenvalue weighted by Gasteiger charge is -2.10. The third-order valence-corrected chi connectivity index (χ3v) is 5.61. The molecule has 33 heavy (non-hydrogen) atoms. The van der Waals surface area contributed by atoms with Crippen molar-refractivity contribution in [3.8, 4) is 33.6 Å². The SMILES string of the molecule is CCOc1ccc(-c2nc(COC(=O)CNC(=O)c3ccc4c(c3)OCO4)cs2)cc1OC. The quantitative estimate of drug-likeness (QED) is 0.475. The molecule has 9 nitrogen and oxygen atoms in total. The zero-order valence-electron chi connectivity index (χ0n) is 18.1. The first-order valence-electron chi connectivity index (χ1n) is 10.2. The van der Waals surface area contributed by atoms with Crippen LogP contribution in [-0.4, -0.2) is 43.9 Å². The molecule has 3 aromatic rings. The molecule has 0 atom stereocenters. The molecule has 0 bridgehead atoms. The average Bonchev–Trinajstić information content (AvgIpc) is 3.50. The van der Waals surface area contributed by atoms with Crippen LogP contribution in [0.4, 0.5) is 0 Å². The van der Waals surface area contributed by atoms with E-state index in [2.05, 4.69) is 10.3 Å². The van der Waals surface area contributed by atoms with Gasteiger partial charge in [-0.3, -0.25) is 9.59 Å². The van der Waals surface area contributed by atoms with E-state index in [1.807, 2.05) is 30.5 Å². The highest BCUT2D eigenvalue weighted by Crippen LogP contribution is 2.34. The summed E-state index contributed by atoms with van der Waals surface area (Å²) >= 11 is 1.43. The van der Waals surface area contributed by atoms with Crippen molar-refractivity contribution in [1.29, 1.82) is 0 Å². The summed E-state index contributed by atoms with van der Waals surface area (Å²) < 4.78 is 26.6. The second-order valence-corrected chi connectivity index (χ2v) is 7.71. The number of esters is 1. The minimum absolute atomic E-state index is 0.00337. The number of amides is 1. The molecule has 0 spiro atoms. The molecule has 4 rings (SSSR count). The topological polar surface area (TPSA) is 105 Å². The molecule has 2 aromatic carbocycles. The summed E-state index contributed by atoms with van der Waals surface area (Å²) in [5.41, 5.74) is 1.84. The average molecular weight is 471 g/mol. The normalized spacial score (nSPS) is 11.7. The largest absolute Gasteiger partial charge is 0.493 e. The monoisotopic (exact) mass is 470 g/mol. The van der Waals surface area contributed by atoms with E-state index < -0.39 is 11.9 Å². The van der Waals surface area contributed by atoms with Gasteiger partial charge in [-0.1, -0.05) is 0 Å². The van der Waals surface area contributed by atoms with Gasteiger partial charge in [-0.2, -0.15) is 0 Å². The van der Waals surface area contributed by atoms with Crippen LogP contribution in [0.5, 0.6) is 23.0 Å². The molecular formula is C23H22N2O7S. The van der Waals surface area contributed by atoms with Gasteiger partial charge in [0.05, 0.1) is 19.4 Å². The lowest BCUT2D eigenvalue weighted by Crippen LogP contribution is -2.30. The zero-order chi connectivity index (χ0) is 23.2. The van der Waals surface area contributed by atoms with Crippen LogP contribution in [-0.2, 0) is 16.1 Å². The van der Waals surface area contributed by atoms with E-state index in [4.69, 9.17) is 23.7 Å². The number of rotatable bonds is 9. The number of nitrogens with zero attached hydrogens (tertiary/aromatic N) is 1. The Bertz CT molecular complexity index is 1160. The van der Waals surface area contributed by atoms with E-state index in [0.29, 0.717) is 40.9 Å². The minimum atomic E-state index is -0.568. The maximum absolute atomic E-state index is 12.3. The fraction of sp³-hybridized carbons (Fsp3) is 0.261. The summed E-state index contributed by atoms with van der Waals surface area (Å²) in [4.78, 5) is 28.8. The highest BCUT2D eigenvalue weighted by Gasteiger charge is 2.17. The summed E-state index contributed by atoms with van der Waals surface area (Å²) in [6.07, 6.45) is 0. The lowest BCUT2D eigenvalue weighted by atomic mass is 10.2. The van der Waals surface area contributed by atoms with Gasteiger partial charge < -0.3 is 29.0 Å². The first kappa shape index (κ1) is 22.4. The van der Waals surface area contributed by atoms with Gasteiger partial charge in [0.1, 0.15) is 18.2 Å². The van der Waals surface area contributed by atoms with E-state index in [1.165, 1.54) is 11.3 Å². The molecule has 1 aliphatic rings. The van der Waals surface area contributed by atoms with Crippen molar-refractivity contribution in [2.45, 2.75) is 13.5 Å². The molecule has 172 valence electrons. The van der Waals surface area contributed by atoms with Gasteiger partial charge in [0.25, 0.3) is 5.91 Å². The molecule has 1 amide bonds. The Morgan fingerprint density at radius 2 is 1.97 bits per heavy atom. The third kappa shape index (κ3) is 5.35. The number of nitrogens with one attached hydrogen (secondary N) is 1. The van der Waals surface area contributed by atoms with Gasteiger partial charge in [0.15, 0.2) is 23.0 Å². The molecule has 0 radical (unpaired) electrons. The number of thiazole rings is 1. The Kier molecular flexibility index (Phi) is 6.94. The first-order chi connectivity index (χ1) is 16.1. The Balaban J connectivity index is 1.28. The van der Waals surface area contributed by atoms with Crippen molar-refractivity contribution in [2.75, 3.05) is 27.1 Å². The number of aromatic nitrogens is 1. The van der Waals surface area contributed by atoms with Crippen molar-refractivity contribution in [1.82, 2.24) is 10.3 Å². The van der Waals surface area contributed by atoms with Crippen LogP contribution in [0.25, 0.3) is 10.6 Å². The predicted octanol–water partition coefficient (Wildman–Crippen LogP) is 3.42. The van der Waals surface area contributed by atoms with E-state index in [0.717, 1.165) is 10.6 Å². The molecule has 2 heterocycles. The molecule has 10 heteroatoms. The van der Waals surface area contributed by atoms with Gasteiger partial charge in [0, 0.05) is 16.5 Å². The van der Waals surface area contributed by atoms with Crippen LogP contribution in [0.1, 0.15) is 23.0 Å². The Morgan fingerprint density at radius 3 is 2.79 bits per heavy atom. The second-order valence-electron chi connectivity index (χ2n) is 6.85. The van der Waals surface area contributed by atoms with E-state index >= 15 is 0 Å². The summed E-state index contributed by atoms with van der Waals surface area (Å²) in [6.45, 7) is 2.31. The summed E-state index contributed by atoms with van der Waals surface area (Å²) in [5, 5.41) is 5.11. The van der Waals surface area contributed by atoms with Crippen molar-refractivity contribution in [3.63, 3.8) is 0 Å². The van der Waals surface area contributed by atoms with Crippen LogP contribution < -0.4 is 24.3 Å². The van der Waals surface area contributed by atoms with Gasteiger partial charge in [-0.25, -0.2) is 4.98 Å². The van der Waals surface area contributed by atoms with Gasteiger partial charge in [0.2, 0.25) is 6.79 Å². The number of fused-ring (bicyclic) bond motifs is 1. The molecular weight excluding hydrogens is 448 g/mol. The van der Waals surface area contributed by atoms with Crippen LogP contribution in [0, 0.1) is 0 Å². The predicted molar refractivity (Wildman–Crippen MR) is 120 cm³/mol. The number of hydrogen-bond donors (Lipinski definition) is 1. The highest BCUT2D eigenvalue weighted by atomic mass is 32.1. The maximum atomic E-state index is 12.3. The van der Waals surface area contributed by atoms with Crippen molar-refractivity contribution >= 4 is 23.2 Å². The number of hydrogen-bond acceptors (Lipinski definition) is 9. The van der Waals surface area contributed by atoms with Crippen LogP contribution in [0.3, 0.4) is 0 Å². The van der Waals surface area contributed by atoms with Crippen LogP contribution in [0.15, 0.2) is 41.8 Å². The van der Waals surface area contributed by atoms with E-state index in [9.17, 15) is 9.59 Å². The number of carbonyl (C=O) groups is 2. The number of benzene rings is 2. The second kappa shape index (κ2) is 10.2. The molecule has 0 unspecified atom stereocenters. The minimum Gasteiger partial charge on any atom is -0.493 e. The highest BCUT2D eigenvalue weighted by molar-refractivity contribution is 7.13. The van der Waals surface area contributed by atoms with E-state index in [-0.39, 0.29) is 19.9 Å². The molecule has 1 aromatic heterocycles. The third-order valence-electron chi connectivity index (χ3n) is 4.67. The first-order valence-corrected chi connectivity index (χ1v) is 11.0. The van der Waals surface area contributed by atoms with Crippen molar-refractivity contribution in [2.24, 2.45) is 0 Å². The summed E-state index contributed by atoms with van der Waals surface area (Å²) in [6, 6.07) is 10.4. The van der Waals surface area contributed by atoms with Gasteiger partial charge >= 0.3 is 5.97 Å². The Labute approximate surface area is 194 Å². The molecule has 0 saturated heterocycles. The summed E-state index contributed by atoms with van der Waals surface area (Å²) in [7, 11) is 1.58. The van der Waals surface area contributed by atoms with Crippen molar-refractivity contribution < 1.29 is 33.3 Å². The lowest BCUT2D eigenvalue weighted by molar-refractivity contribution is -0.143. The van der Waals surface area contributed by atoms with Crippen molar-refractivity contribution in [3.05, 3.63) is 53.0 Å². The fourth-order valence-corrected chi connectivity index (χ4v) is 3.88. The maximum Gasteiger partial charge on any atom is 0.325 e. The number of ether oxygens (including phenoxy) is 5. The van der Waals surface area contributed by atoms with Crippen LogP contribution >= 0.6 is 11.3 Å². The molecule has 0 saturated carbocycles. The van der Waals surface area contributed by atoms with Gasteiger partial charge in [-0.15, -0.1) is 11.3 Å².